The molecule has 0 bridgehead atoms. The van der Waals surface area contributed by atoms with Gasteiger partial charge in [-0.3, -0.25) is 0 Å². The highest BCUT2D eigenvalue weighted by atomic mass is 16.3. The molecule has 0 aliphatic heterocycles. The maximum Gasteiger partial charge on any atom is 0.217 e. The van der Waals surface area contributed by atoms with Gasteiger partial charge in [0.25, 0.3) is 0 Å². The summed E-state index contributed by atoms with van der Waals surface area (Å²) in [5.41, 5.74) is 8.92. The third kappa shape index (κ3) is 2.87. The second-order valence-electron chi connectivity index (χ2n) is 10.2. The quantitative estimate of drug-likeness (QED) is 0.223. The molecular weight excluding hydrogens is 464 g/mol. The van der Waals surface area contributed by atoms with E-state index >= 15 is 0 Å². The Morgan fingerprint density at radius 3 is 2.18 bits per heavy atom. The van der Waals surface area contributed by atoms with Gasteiger partial charge in [0, 0.05) is 38.7 Å². The zero-order valence-electron chi connectivity index (χ0n) is 21.3. The van der Waals surface area contributed by atoms with E-state index < -0.39 is 0 Å². The van der Waals surface area contributed by atoms with E-state index in [9.17, 15) is 0 Å². The summed E-state index contributed by atoms with van der Waals surface area (Å²) in [5, 5.41) is 7.13. The maximum absolute atomic E-state index is 6.74. The number of aromatic nitrogens is 2. The lowest BCUT2D eigenvalue weighted by Gasteiger charge is -2.08. The van der Waals surface area contributed by atoms with Gasteiger partial charge in [0.2, 0.25) is 5.69 Å². The number of furan rings is 1. The van der Waals surface area contributed by atoms with Crippen molar-refractivity contribution < 1.29 is 8.98 Å². The summed E-state index contributed by atoms with van der Waals surface area (Å²) in [6.45, 7) is 2.18. The summed E-state index contributed by atoms with van der Waals surface area (Å²) in [6, 6.07) is 38.9. The van der Waals surface area contributed by atoms with Crippen molar-refractivity contribution in [3.05, 3.63) is 121 Å². The number of fused-ring (bicyclic) bond motifs is 8. The fourth-order valence-corrected chi connectivity index (χ4v) is 6.14. The van der Waals surface area contributed by atoms with Gasteiger partial charge < -0.3 is 8.98 Å². The van der Waals surface area contributed by atoms with Gasteiger partial charge in [-0.25, -0.2) is 0 Å². The van der Waals surface area contributed by atoms with E-state index in [4.69, 9.17) is 4.42 Å². The molecule has 0 atom stereocenters. The Morgan fingerprint density at radius 1 is 0.605 bits per heavy atom. The predicted molar refractivity (Wildman–Crippen MR) is 157 cm³/mol. The molecule has 8 aromatic rings. The minimum atomic E-state index is 0.943. The van der Waals surface area contributed by atoms with Crippen molar-refractivity contribution in [1.82, 2.24) is 4.57 Å². The highest BCUT2D eigenvalue weighted by Crippen LogP contribution is 2.41. The van der Waals surface area contributed by atoms with Crippen molar-refractivity contribution in [1.29, 1.82) is 0 Å². The van der Waals surface area contributed by atoms with E-state index in [1.54, 1.807) is 0 Å². The molecule has 180 valence electrons. The van der Waals surface area contributed by atoms with Crippen molar-refractivity contribution in [2.24, 2.45) is 7.05 Å². The fourth-order valence-electron chi connectivity index (χ4n) is 6.14. The minimum absolute atomic E-state index is 0.943. The van der Waals surface area contributed by atoms with Gasteiger partial charge in [0.15, 0.2) is 6.20 Å². The lowest BCUT2D eigenvalue weighted by Crippen LogP contribution is -2.31. The summed E-state index contributed by atoms with van der Waals surface area (Å²) in [6.07, 6.45) is 2.26. The number of pyridine rings is 1. The molecule has 5 aromatic carbocycles. The van der Waals surface area contributed by atoms with Crippen molar-refractivity contribution >= 4 is 54.5 Å². The molecule has 0 unspecified atom stereocenters. The Bertz CT molecular complexity index is 2200. The van der Waals surface area contributed by atoms with E-state index in [2.05, 4.69) is 138 Å². The van der Waals surface area contributed by atoms with E-state index in [0.29, 0.717) is 0 Å². The summed E-state index contributed by atoms with van der Waals surface area (Å²) < 4.78 is 11.3. The molecule has 0 N–H and O–H groups in total. The lowest BCUT2D eigenvalue weighted by atomic mass is 9.99. The number of aryl methyl sites for hydroxylation is 2. The van der Waals surface area contributed by atoms with Gasteiger partial charge in [-0.05, 0) is 42.1 Å². The van der Waals surface area contributed by atoms with Gasteiger partial charge in [0.05, 0.1) is 11.1 Å². The molecular formula is C35H25N2O+. The molecule has 3 heteroatoms. The Labute approximate surface area is 219 Å². The van der Waals surface area contributed by atoms with Gasteiger partial charge >= 0.3 is 0 Å². The van der Waals surface area contributed by atoms with Crippen LogP contribution in [-0.4, -0.2) is 4.57 Å². The number of rotatable bonds is 2. The average molecular weight is 490 g/mol. The lowest BCUT2D eigenvalue weighted by molar-refractivity contribution is -0.659. The smallest absolute Gasteiger partial charge is 0.217 e. The van der Waals surface area contributed by atoms with Gasteiger partial charge in [0.1, 0.15) is 23.7 Å². The molecule has 8 rings (SSSR count). The van der Waals surface area contributed by atoms with Crippen LogP contribution in [0, 0.1) is 6.92 Å². The van der Waals surface area contributed by atoms with E-state index in [1.165, 1.54) is 32.8 Å². The fraction of sp³-hybridized carbons (Fsp3) is 0.0571. The number of hydrogen-bond acceptors (Lipinski definition) is 1. The second kappa shape index (κ2) is 7.80. The molecule has 0 saturated heterocycles. The third-order valence-corrected chi connectivity index (χ3v) is 7.94. The van der Waals surface area contributed by atoms with Crippen LogP contribution < -0.4 is 4.57 Å². The van der Waals surface area contributed by atoms with Crippen LogP contribution >= 0.6 is 0 Å². The molecule has 3 nitrogen and oxygen atoms in total. The molecule has 3 aromatic heterocycles. The normalized spacial score (nSPS) is 11.9. The first-order valence-corrected chi connectivity index (χ1v) is 13.0. The van der Waals surface area contributed by atoms with Crippen LogP contribution in [0.25, 0.3) is 71.5 Å². The second-order valence-corrected chi connectivity index (χ2v) is 10.2. The molecule has 0 fully saturated rings. The van der Waals surface area contributed by atoms with Crippen molar-refractivity contribution in [2.45, 2.75) is 6.92 Å². The van der Waals surface area contributed by atoms with E-state index in [1.807, 2.05) is 0 Å². The molecule has 38 heavy (non-hydrogen) atoms. The number of benzene rings is 5. The standard InChI is InChI=1S/C35H25N2O/c1-22-16-18-28-27-19-17-23-10-6-7-13-25(23)34(27)38-35(28)33(22)31-20-29-26-14-8-9-15-30(26)37(32(29)21-36(31)2)24-11-4-3-5-12-24/h3-21H,1-2H3/q+1. The van der Waals surface area contributed by atoms with Crippen molar-refractivity contribution in [2.75, 3.05) is 0 Å². The van der Waals surface area contributed by atoms with Crippen LogP contribution in [-0.2, 0) is 7.05 Å². The molecule has 0 spiro atoms. The van der Waals surface area contributed by atoms with Crippen molar-refractivity contribution in [3.63, 3.8) is 0 Å². The molecule has 0 saturated carbocycles. The predicted octanol–water partition coefficient (Wildman–Crippen LogP) is 8.64. The van der Waals surface area contributed by atoms with E-state index in [0.717, 1.165) is 44.3 Å². The first-order valence-electron chi connectivity index (χ1n) is 13.0. The summed E-state index contributed by atoms with van der Waals surface area (Å²) in [4.78, 5) is 0. The SMILES string of the molecule is Cc1ccc2c(oc3c4ccccc4ccc23)c1-c1cc2c3ccccc3n(-c3ccccc3)c2c[n+]1C. The largest absolute Gasteiger partial charge is 0.454 e. The third-order valence-electron chi connectivity index (χ3n) is 7.94. The summed E-state index contributed by atoms with van der Waals surface area (Å²) >= 11 is 0. The van der Waals surface area contributed by atoms with Crippen LogP contribution in [0.4, 0.5) is 0 Å². The summed E-state index contributed by atoms with van der Waals surface area (Å²) in [7, 11) is 2.14. The highest BCUT2D eigenvalue weighted by molar-refractivity contribution is 6.17. The summed E-state index contributed by atoms with van der Waals surface area (Å²) in [5.74, 6) is 0. The van der Waals surface area contributed by atoms with Crippen LogP contribution in [0.15, 0.2) is 120 Å². The molecule has 0 amide bonds. The molecule has 3 heterocycles. The van der Waals surface area contributed by atoms with Gasteiger partial charge in [-0.1, -0.05) is 78.9 Å². The Hall–Kier alpha value is -4.89. The topological polar surface area (TPSA) is 21.9 Å². The maximum atomic E-state index is 6.74. The Balaban J connectivity index is 1.48. The minimum Gasteiger partial charge on any atom is -0.454 e. The first-order chi connectivity index (χ1) is 18.7. The monoisotopic (exact) mass is 489 g/mol. The van der Waals surface area contributed by atoms with Crippen LogP contribution in [0.2, 0.25) is 0 Å². The van der Waals surface area contributed by atoms with Gasteiger partial charge in [-0.15, -0.1) is 0 Å². The zero-order valence-corrected chi connectivity index (χ0v) is 21.3. The first kappa shape index (κ1) is 21.2. The van der Waals surface area contributed by atoms with Crippen LogP contribution in [0.1, 0.15) is 5.56 Å². The Kier molecular flexibility index (Phi) is 4.36. The van der Waals surface area contributed by atoms with Gasteiger partial charge in [-0.2, -0.15) is 4.57 Å². The van der Waals surface area contributed by atoms with Crippen LogP contribution in [0.5, 0.6) is 0 Å². The van der Waals surface area contributed by atoms with Crippen LogP contribution in [0.3, 0.4) is 0 Å². The Morgan fingerprint density at radius 2 is 1.32 bits per heavy atom. The number of para-hydroxylation sites is 2. The van der Waals surface area contributed by atoms with E-state index in [-0.39, 0.29) is 0 Å². The number of hydrogen-bond donors (Lipinski definition) is 0. The molecule has 0 aliphatic rings. The molecule has 0 radical (unpaired) electrons. The zero-order chi connectivity index (χ0) is 25.4. The number of nitrogens with zero attached hydrogens (tertiary/aromatic N) is 2. The molecule has 0 aliphatic carbocycles. The average Bonchev–Trinajstić information content (AvgIpc) is 3.49. The highest BCUT2D eigenvalue weighted by Gasteiger charge is 2.24. The van der Waals surface area contributed by atoms with Crippen molar-refractivity contribution in [3.8, 4) is 16.9 Å².